The fourth-order valence-corrected chi connectivity index (χ4v) is 4.59. The molecule has 1 N–H and O–H groups in total. The van der Waals surface area contributed by atoms with E-state index in [-0.39, 0.29) is 24.0 Å². The normalized spacial score (nSPS) is 18.3. The van der Waals surface area contributed by atoms with Crippen LogP contribution in [0.5, 0.6) is 5.75 Å². The molecule has 0 saturated carbocycles. The molecule has 9 heteroatoms. The Labute approximate surface area is 164 Å². The third kappa shape index (κ3) is 6.39. The summed E-state index contributed by atoms with van der Waals surface area (Å²) in [6.45, 7) is 4.99. The molecule has 1 fully saturated rings. The number of amides is 1. The highest BCUT2D eigenvalue weighted by atomic mass is 35.5. The number of carbonyl (C=O) groups is 2. The van der Waals surface area contributed by atoms with Crippen molar-refractivity contribution in [3.8, 4) is 5.75 Å². The quantitative estimate of drug-likeness (QED) is 0.681. The Morgan fingerprint density at radius 3 is 2.59 bits per heavy atom. The van der Waals surface area contributed by atoms with Crippen molar-refractivity contribution in [1.29, 1.82) is 0 Å². The van der Waals surface area contributed by atoms with Gasteiger partial charge in [-0.3, -0.25) is 4.79 Å². The van der Waals surface area contributed by atoms with Crippen LogP contribution in [-0.2, 0) is 24.2 Å². The molecule has 1 aliphatic rings. The van der Waals surface area contributed by atoms with E-state index in [0.29, 0.717) is 17.2 Å². The van der Waals surface area contributed by atoms with Crippen molar-refractivity contribution >= 4 is 33.3 Å². The van der Waals surface area contributed by atoms with E-state index < -0.39 is 34.4 Å². The first kappa shape index (κ1) is 21.5. The maximum absolute atomic E-state index is 11.8. The van der Waals surface area contributed by atoms with Crippen LogP contribution in [0.1, 0.15) is 37.3 Å². The molecule has 150 valence electrons. The van der Waals surface area contributed by atoms with E-state index in [1.165, 1.54) is 0 Å². The lowest BCUT2D eigenvalue weighted by molar-refractivity contribution is -0.150. The zero-order chi connectivity index (χ0) is 20.2. The van der Waals surface area contributed by atoms with Crippen LogP contribution >= 0.6 is 11.6 Å². The summed E-state index contributed by atoms with van der Waals surface area (Å²) in [6.07, 6.45) is 0.374. The molecule has 2 rings (SSSR count). The van der Waals surface area contributed by atoms with Gasteiger partial charge in [-0.05, 0) is 42.5 Å². The Morgan fingerprint density at radius 2 is 2.00 bits per heavy atom. The zero-order valence-corrected chi connectivity index (χ0v) is 17.2. The van der Waals surface area contributed by atoms with Gasteiger partial charge < -0.3 is 14.8 Å². The minimum Gasteiger partial charge on any atom is -0.482 e. The topological polar surface area (TPSA) is 98.8 Å². The van der Waals surface area contributed by atoms with Gasteiger partial charge in [-0.1, -0.05) is 25.4 Å². The molecule has 1 aliphatic heterocycles. The smallest absolute Gasteiger partial charge is 0.344 e. The van der Waals surface area contributed by atoms with Crippen molar-refractivity contribution in [2.24, 2.45) is 0 Å². The van der Waals surface area contributed by atoms with Crippen molar-refractivity contribution in [2.45, 2.75) is 39.2 Å². The van der Waals surface area contributed by atoms with Gasteiger partial charge in [0, 0.05) is 11.1 Å². The van der Waals surface area contributed by atoms with Gasteiger partial charge in [0.05, 0.1) is 11.5 Å². The van der Waals surface area contributed by atoms with Crippen LogP contribution in [-0.4, -0.2) is 51.1 Å². The monoisotopic (exact) mass is 417 g/mol. The summed E-state index contributed by atoms with van der Waals surface area (Å²) in [7, 11) is -3.08. The number of halogens is 1. The summed E-state index contributed by atoms with van der Waals surface area (Å²) in [5.41, 5.74) is 1.70. The molecule has 0 aliphatic carbocycles. The van der Waals surface area contributed by atoms with E-state index in [9.17, 15) is 18.0 Å². The molecule has 1 saturated heterocycles. The number of aryl methyl sites for hydroxylation is 1. The molecule has 1 amide bonds. The minimum absolute atomic E-state index is 0.0598. The summed E-state index contributed by atoms with van der Waals surface area (Å²) in [4.78, 5) is 23.6. The predicted molar refractivity (Wildman–Crippen MR) is 102 cm³/mol. The summed E-state index contributed by atoms with van der Waals surface area (Å²) in [5.74, 6) is -0.539. The van der Waals surface area contributed by atoms with Crippen LogP contribution in [0.2, 0.25) is 5.02 Å². The molecule has 0 radical (unpaired) electrons. The van der Waals surface area contributed by atoms with E-state index in [1.54, 1.807) is 6.07 Å². The maximum Gasteiger partial charge on any atom is 0.344 e. The van der Waals surface area contributed by atoms with Crippen molar-refractivity contribution < 1.29 is 27.5 Å². The van der Waals surface area contributed by atoms with Gasteiger partial charge in [0.25, 0.3) is 5.91 Å². The number of hydrogen-bond acceptors (Lipinski definition) is 6. The van der Waals surface area contributed by atoms with Crippen LogP contribution in [0, 0.1) is 6.92 Å². The summed E-state index contributed by atoms with van der Waals surface area (Å²) < 4.78 is 33.2. The van der Waals surface area contributed by atoms with Gasteiger partial charge in [-0.25, -0.2) is 13.2 Å². The Morgan fingerprint density at radius 1 is 1.30 bits per heavy atom. The summed E-state index contributed by atoms with van der Waals surface area (Å²) >= 11 is 6.14. The molecule has 1 aromatic rings. The van der Waals surface area contributed by atoms with Gasteiger partial charge in [0.1, 0.15) is 5.75 Å². The van der Waals surface area contributed by atoms with E-state index >= 15 is 0 Å². The Hall–Kier alpha value is -1.80. The molecule has 1 heterocycles. The lowest BCUT2D eigenvalue weighted by Gasteiger charge is -2.16. The number of nitrogens with one attached hydrogen (secondary N) is 1. The van der Waals surface area contributed by atoms with Crippen molar-refractivity contribution in [3.05, 3.63) is 28.3 Å². The first-order chi connectivity index (χ1) is 12.6. The SMILES string of the molecule is Cc1cc(OCC(=O)OCC(=O)N[C@H]2CCS(=O)(=O)C2)c(C(C)C)cc1Cl. The number of benzene rings is 1. The van der Waals surface area contributed by atoms with Gasteiger partial charge in [-0.15, -0.1) is 0 Å². The molecule has 0 unspecified atom stereocenters. The number of sulfone groups is 1. The molecular weight excluding hydrogens is 394 g/mol. The van der Waals surface area contributed by atoms with Crippen LogP contribution in [0.3, 0.4) is 0 Å². The third-order valence-electron chi connectivity index (χ3n) is 4.22. The molecule has 27 heavy (non-hydrogen) atoms. The molecule has 1 atom stereocenters. The van der Waals surface area contributed by atoms with E-state index in [0.717, 1.165) is 11.1 Å². The van der Waals surface area contributed by atoms with Crippen molar-refractivity contribution in [1.82, 2.24) is 5.32 Å². The third-order valence-corrected chi connectivity index (χ3v) is 6.40. The highest BCUT2D eigenvalue weighted by molar-refractivity contribution is 7.91. The summed E-state index contributed by atoms with van der Waals surface area (Å²) in [5, 5.41) is 3.17. The van der Waals surface area contributed by atoms with Crippen LogP contribution in [0.25, 0.3) is 0 Å². The lowest BCUT2D eigenvalue weighted by Crippen LogP contribution is -2.38. The minimum atomic E-state index is -3.08. The first-order valence-corrected chi connectivity index (χ1v) is 10.9. The van der Waals surface area contributed by atoms with Gasteiger partial charge in [0.2, 0.25) is 0 Å². The van der Waals surface area contributed by atoms with Crippen molar-refractivity contribution in [2.75, 3.05) is 24.7 Å². The molecule has 0 aromatic heterocycles. The first-order valence-electron chi connectivity index (χ1n) is 8.65. The second-order valence-electron chi connectivity index (χ2n) is 6.91. The number of hydrogen-bond donors (Lipinski definition) is 1. The average Bonchev–Trinajstić information content (AvgIpc) is 2.91. The zero-order valence-electron chi connectivity index (χ0n) is 15.6. The van der Waals surface area contributed by atoms with E-state index in [1.807, 2.05) is 26.8 Å². The largest absolute Gasteiger partial charge is 0.482 e. The molecule has 1 aromatic carbocycles. The second kappa shape index (κ2) is 8.93. The van der Waals surface area contributed by atoms with Gasteiger partial charge in [0.15, 0.2) is 23.1 Å². The lowest BCUT2D eigenvalue weighted by atomic mass is 10.0. The second-order valence-corrected chi connectivity index (χ2v) is 9.55. The number of esters is 1. The number of rotatable bonds is 7. The number of ether oxygens (including phenoxy) is 2. The van der Waals surface area contributed by atoms with E-state index in [4.69, 9.17) is 21.1 Å². The average molecular weight is 418 g/mol. The summed E-state index contributed by atoms with van der Waals surface area (Å²) in [6, 6.07) is 3.15. The fraction of sp³-hybridized carbons (Fsp3) is 0.556. The molecule has 0 bridgehead atoms. The highest BCUT2D eigenvalue weighted by Gasteiger charge is 2.29. The number of carbonyl (C=O) groups excluding carboxylic acids is 2. The van der Waals surface area contributed by atoms with Crippen LogP contribution < -0.4 is 10.1 Å². The Balaban J connectivity index is 1.81. The molecule has 7 nitrogen and oxygen atoms in total. The maximum atomic E-state index is 11.8. The standard InChI is InChI=1S/C18H24ClNO6S/c1-11(2)14-7-15(19)12(3)6-16(14)25-9-18(22)26-8-17(21)20-13-4-5-27(23,24)10-13/h6-7,11,13H,4-5,8-10H2,1-3H3,(H,20,21)/t13-/m0/s1. The highest BCUT2D eigenvalue weighted by Crippen LogP contribution is 2.31. The Kier molecular flexibility index (Phi) is 7.11. The fourth-order valence-electron chi connectivity index (χ4n) is 2.75. The predicted octanol–water partition coefficient (Wildman–Crippen LogP) is 2.00. The van der Waals surface area contributed by atoms with Crippen LogP contribution in [0.15, 0.2) is 12.1 Å². The van der Waals surface area contributed by atoms with Gasteiger partial charge >= 0.3 is 5.97 Å². The Bertz CT molecular complexity index is 821. The molecule has 0 spiro atoms. The van der Waals surface area contributed by atoms with Crippen molar-refractivity contribution in [3.63, 3.8) is 0 Å². The van der Waals surface area contributed by atoms with Gasteiger partial charge in [-0.2, -0.15) is 0 Å². The van der Waals surface area contributed by atoms with Crippen LogP contribution in [0.4, 0.5) is 0 Å². The molecular formula is C18H24ClNO6S. The van der Waals surface area contributed by atoms with E-state index in [2.05, 4.69) is 5.32 Å².